The number of carbonyl (C=O) groups excluding carboxylic acids is 4. The van der Waals surface area contributed by atoms with Crippen molar-refractivity contribution in [2.45, 2.75) is 102 Å². The molecule has 3 N–H and O–H groups in total. The molecule has 3 aromatic rings. The van der Waals surface area contributed by atoms with Gasteiger partial charge in [0.25, 0.3) is 10.2 Å². The number of carbonyl (C=O) groups is 4. The summed E-state index contributed by atoms with van der Waals surface area (Å²) in [4.78, 5) is 91.5. The van der Waals surface area contributed by atoms with Gasteiger partial charge < -0.3 is 39.8 Å². The van der Waals surface area contributed by atoms with Gasteiger partial charge in [-0.2, -0.15) is 0 Å². The summed E-state index contributed by atoms with van der Waals surface area (Å²) >= 11 is 0. The summed E-state index contributed by atoms with van der Waals surface area (Å²) in [6, 6.07) is 9.09. The number of nitrogens with one attached hydrogen (secondary N) is 3. The van der Waals surface area contributed by atoms with E-state index >= 15 is 0 Å². The van der Waals surface area contributed by atoms with Crippen LogP contribution in [-0.4, -0.2) is 99.0 Å². The molecule has 58 heavy (non-hydrogen) atoms. The molecule has 316 valence electrons. The van der Waals surface area contributed by atoms with E-state index in [-0.39, 0.29) is 50.7 Å². The molecule has 0 radical (unpaired) electrons. The lowest BCUT2D eigenvalue weighted by Crippen LogP contribution is -2.58. The molecule has 19 heteroatoms. The summed E-state index contributed by atoms with van der Waals surface area (Å²) in [6.07, 6.45) is 6.84. The molecule has 1 aromatic carbocycles. The van der Waals surface area contributed by atoms with Crippen LogP contribution in [0.5, 0.6) is 0 Å². The Morgan fingerprint density at radius 2 is 1.53 bits per heavy atom. The first kappa shape index (κ1) is 44.7. The maximum atomic E-state index is 14.3. The van der Waals surface area contributed by atoms with Crippen molar-refractivity contribution in [3.8, 4) is 0 Å². The van der Waals surface area contributed by atoms with Crippen molar-refractivity contribution in [1.29, 1.82) is 0 Å². The number of amides is 4. The Morgan fingerprint density at radius 3 is 2.21 bits per heavy atom. The predicted molar refractivity (Wildman–Crippen MR) is 210 cm³/mol. The molecule has 4 atom stereocenters. The van der Waals surface area contributed by atoms with E-state index in [0.717, 1.165) is 42.1 Å². The van der Waals surface area contributed by atoms with Gasteiger partial charge in [0.15, 0.2) is 0 Å². The SMILES string of the molecule is CC(C)CC(NC(=O)N1CCCCCC1)C(=O)NC(Cc1cn(C)c2ccccc12)C(=O)N[C@H](Cc1ccccn1)C(=O)OCCCCC(CO[N+](=O)[O-])O[N+](=O)[O-]. The number of likely N-dealkylation sites (tertiary alicyclic amines) is 1. The molecule has 0 saturated carbocycles. The summed E-state index contributed by atoms with van der Waals surface area (Å²) in [7, 11) is 1.88. The number of fused-ring (bicyclic) bond motifs is 1. The van der Waals surface area contributed by atoms with Gasteiger partial charge in [0.05, 0.1) is 6.61 Å². The smallest absolute Gasteiger partial charge is 0.329 e. The van der Waals surface area contributed by atoms with E-state index in [1.165, 1.54) is 0 Å². The highest BCUT2D eigenvalue weighted by molar-refractivity contribution is 5.94. The van der Waals surface area contributed by atoms with E-state index in [9.17, 15) is 39.4 Å². The molecule has 4 amide bonds. The Labute approximate surface area is 336 Å². The second kappa shape index (κ2) is 22.7. The van der Waals surface area contributed by atoms with E-state index in [0.29, 0.717) is 25.2 Å². The molecule has 4 rings (SSSR count). The molecule has 1 aliphatic heterocycles. The minimum Gasteiger partial charge on any atom is -0.464 e. The fourth-order valence-electron chi connectivity index (χ4n) is 6.88. The summed E-state index contributed by atoms with van der Waals surface area (Å²) in [5.74, 6) is -1.95. The third kappa shape index (κ3) is 14.5. The molecule has 1 fully saturated rings. The number of para-hydroxylation sites is 1. The lowest BCUT2D eigenvalue weighted by atomic mass is 10.0. The number of ether oxygens (including phenoxy) is 1. The van der Waals surface area contributed by atoms with Crippen molar-refractivity contribution in [2.75, 3.05) is 26.3 Å². The number of hydrogen-bond donors (Lipinski definition) is 3. The number of unbranched alkanes of at least 4 members (excludes halogenated alkanes) is 1. The first-order valence-electron chi connectivity index (χ1n) is 19.6. The Morgan fingerprint density at radius 1 is 0.845 bits per heavy atom. The van der Waals surface area contributed by atoms with Gasteiger partial charge in [-0.25, -0.2) is 9.59 Å². The van der Waals surface area contributed by atoms with Gasteiger partial charge in [-0.3, -0.25) is 14.6 Å². The number of aromatic nitrogens is 2. The first-order chi connectivity index (χ1) is 27.8. The van der Waals surface area contributed by atoms with Gasteiger partial charge in [-0.15, -0.1) is 20.2 Å². The second-order valence-corrected chi connectivity index (χ2v) is 14.8. The van der Waals surface area contributed by atoms with E-state index in [2.05, 4.69) is 30.6 Å². The molecular weight excluding hydrogens is 756 g/mol. The first-order valence-corrected chi connectivity index (χ1v) is 19.6. The van der Waals surface area contributed by atoms with Crippen LogP contribution in [0.2, 0.25) is 0 Å². The normalized spacial score (nSPS) is 15.0. The second-order valence-electron chi connectivity index (χ2n) is 14.8. The van der Waals surface area contributed by atoms with Crippen molar-refractivity contribution >= 4 is 34.7 Å². The average molecular weight is 811 g/mol. The average Bonchev–Trinajstić information content (AvgIpc) is 3.32. The molecule has 1 saturated heterocycles. The van der Waals surface area contributed by atoms with Crippen molar-refractivity contribution in [3.05, 3.63) is 86.3 Å². The predicted octanol–water partition coefficient (Wildman–Crippen LogP) is 3.83. The van der Waals surface area contributed by atoms with Gasteiger partial charge >= 0.3 is 12.0 Å². The zero-order chi connectivity index (χ0) is 42.0. The minimum atomic E-state index is -1.23. The third-order valence-corrected chi connectivity index (χ3v) is 9.76. The fourth-order valence-corrected chi connectivity index (χ4v) is 6.88. The zero-order valence-corrected chi connectivity index (χ0v) is 33.2. The van der Waals surface area contributed by atoms with Crippen LogP contribution in [0.25, 0.3) is 10.9 Å². The number of nitrogens with zero attached hydrogens (tertiary/aromatic N) is 5. The number of urea groups is 1. The summed E-state index contributed by atoms with van der Waals surface area (Å²) in [6.45, 7) is 4.28. The van der Waals surface area contributed by atoms with Crippen LogP contribution in [0.1, 0.15) is 76.5 Å². The van der Waals surface area contributed by atoms with E-state index in [1.54, 1.807) is 29.3 Å². The van der Waals surface area contributed by atoms with Crippen LogP contribution in [-0.2, 0) is 48.7 Å². The third-order valence-electron chi connectivity index (χ3n) is 9.76. The molecule has 0 bridgehead atoms. The van der Waals surface area contributed by atoms with Crippen molar-refractivity contribution in [2.24, 2.45) is 13.0 Å². The molecule has 2 aromatic heterocycles. The quantitative estimate of drug-likeness (QED) is 0.0568. The number of benzene rings is 1. The van der Waals surface area contributed by atoms with Crippen LogP contribution >= 0.6 is 0 Å². The topological polar surface area (TPSA) is 239 Å². The molecule has 3 heterocycles. The van der Waals surface area contributed by atoms with Gasteiger partial charge in [0.1, 0.15) is 30.8 Å². The van der Waals surface area contributed by atoms with Crippen molar-refractivity contribution in [1.82, 2.24) is 30.4 Å². The molecule has 19 nitrogen and oxygen atoms in total. The zero-order valence-electron chi connectivity index (χ0n) is 33.2. The highest BCUT2D eigenvalue weighted by Gasteiger charge is 2.32. The van der Waals surface area contributed by atoms with Gasteiger partial charge in [0.2, 0.25) is 11.8 Å². The molecule has 1 aliphatic rings. The Balaban J connectivity index is 1.52. The van der Waals surface area contributed by atoms with Crippen LogP contribution in [0.3, 0.4) is 0 Å². The molecule has 0 aliphatic carbocycles. The Kier molecular flexibility index (Phi) is 17.5. The van der Waals surface area contributed by atoms with Crippen molar-refractivity contribution in [3.63, 3.8) is 0 Å². The van der Waals surface area contributed by atoms with Crippen LogP contribution in [0, 0.1) is 26.1 Å². The maximum absolute atomic E-state index is 14.3. The lowest BCUT2D eigenvalue weighted by Gasteiger charge is -2.28. The summed E-state index contributed by atoms with van der Waals surface area (Å²) < 4.78 is 7.46. The van der Waals surface area contributed by atoms with Crippen LogP contribution in [0.4, 0.5) is 4.79 Å². The number of hydrogen-bond acceptors (Lipinski definition) is 12. The van der Waals surface area contributed by atoms with E-state index < -0.39 is 58.8 Å². The van der Waals surface area contributed by atoms with Gasteiger partial charge in [-0.1, -0.05) is 51.0 Å². The Bertz CT molecular complexity index is 1830. The monoisotopic (exact) mass is 810 g/mol. The highest BCUT2D eigenvalue weighted by atomic mass is 17.0. The number of esters is 1. The van der Waals surface area contributed by atoms with Gasteiger partial charge in [-0.05, 0) is 68.2 Å². The van der Waals surface area contributed by atoms with E-state index in [4.69, 9.17) is 4.74 Å². The number of rotatable bonds is 22. The summed E-state index contributed by atoms with van der Waals surface area (Å²) in [5.41, 5.74) is 2.18. The molecular formula is C39H54N8O11. The highest BCUT2D eigenvalue weighted by Crippen LogP contribution is 2.22. The van der Waals surface area contributed by atoms with Crippen LogP contribution in [0.15, 0.2) is 54.9 Å². The standard InChI is InChI=1S/C39H54N8O11/c1-27(2)22-32(43-39(51)45-19-11-4-5-12-20-45)36(48)41-33(23-28-25-44(3)35-17-7-6-16-31(28)35)37(49)42-34(24-29-14-8-10-18-40-29)38(50)56-21-13-9-15-30(58-47(54)55)26-57-46(52)53/h6-8,10,14,16-18,25,27,30,32-34H,4-5,9,11-13,15,19-24,26H2,1-3H3,(H,41,48)(H,42,49)(H,43,51)/t30?,32?,33?,34-/m1/s1. The molecule has 3 unspecified atom stereocenters. The fraction of sp³-hybridized carbons (Fsp3) is 0.564. The Hall–Kier alpha value is -6.01. The molecule has 0 spiro atoms. The minimum absolute atomic E-state index is 0.00626. The summed E-state index contributed by atoms with van der Waals surface area (Å²) in [5, 5.41) is 28.7. The lowest BCUT2D eigenvalue weighted by molar-refractivity contribution is -0.790. The van der Waals surface area contributed by atoms with E-state index in [1.807, 2.05) is 55.9 Å². The van der Waals surface area contributed by atoms with Crippen LogP contribution < -0.4 is 16.0 Å². The van der Waals surface area contributed by atoms with Gasteiger partial charge in [0, 0.05) is 62.0 Å². The maximum Gasteiger partial charge on any atom is 0.329 e. The number of aryl methyl sites for hydroxylation is 1. The number of pyridine rings is 1. The van der Waals surface area contributed by atoms with Crippen molar-refractivity contribution < 1.29 is 43.8 Å². The largest absolute Gasteiger partial charge is 0.464 e.